The van der Waals surface area contributed by atoms with Crippen LogP contribution in [0.2, 0.25) is 0 Å². The Labute approximate surface area is 175 Å². The van der Waals surface area contributed by atoms with Crippen LogP contribution in [0.5, 0.6) is 0 Å². The fraction of sp³-hybridized carbons (Fsp3) is 0.783. The summed E-state index contributed by atoms with van der Waals surface area (Å²) in [6.07, 6.45) is 11.8. The van der Waals surface area contributed by atoms with E-state index in [1.54, 1.807) is 6.26 Å². The van der Waals surface area contributed by atoms with E-state index in [0.717, 1.165) is 89.3 Å². The third kappa shape index (κ3) is 6.48. The Hall–Kier alpha value is -1.53. The molecular formula is C23H37N3O3. The van der Waals surface area contributed by atoms with Gasteiger partial charge in [0.15, 0.2) is 5.96 Å². The Morgan fingerprint density at radius 3 is 2.72 bits per heavy atom. The molecule has 1 aromatic heterocycles. The van der Waals surface area contributed by atoms with Crippen LogP contribution in [0.4, 0.5) is 0 Å². The molecule has 0 bridgehead atoms. The van der Waals surface area contributed by atoms with E-state index in [1.807, 2.05) is 12.1 Å². The number of piperidine rings is 1. The molecule has 4 rings (SSSR count). The third-order valence-corrected chi connectivity index (χ3v) is 6.54. The Bertz CT molecular complexity index is 599. The highest BCUT2D eigenvalue weighted by atomic mass is 16.5. The topological polar surface area (TPSA) is 59.2 Å². The fourth-order valence-electron chi connectivity index (χ4n) is 4.65. The van der Waals surface area contributed by atoms with Crippen LogP contribution in [-0.2, 0) is 15.9 Å². The van der Waals surface area contributed by atoms with Gasteiger partial charge in [0, 0.05) is 51.7 Å². The minimum Gasteiger partial charge on any atom is -0.469 e. The van der Waals surface area contributed by atoms with E-state index in [4.69, 9.17) is 18.9 Å². The zero-order valence-corrected chi connectivity index (χ0v) is 17.7. The first-order chi connectivity index (χ1) is 14.4. The van der Waals surface area contributed by atoms with E-state index in [9.17, 15) is 0 Å². The molecule has 6 nitrogen and oxygen atoms in total. The molecule has 3 fully saturated rings. The van der Waals surface area contributed by atoms with Gasteiger partial charge in [-0.05, 0) is 50.2 Å². The summed E-state index contributed by atoms with van der Waals surface area (Å²) < 4.78 is 17.2. The summed E-state index contributed by atoms with van der Waals surface area (Å²) in [5.41, 5.74) is 0. The number of likely N-dealkylation sites (tertiary alicyclic amines) is 1. The Kier molecular flexibility index (Phi) is 7.88. The number of nitrogens with zero attached hydrogens (tertiary/aromatic N) is 2. The standard InChI is InChI=1S/C23H37N3O3/c1-2-5-19(4-1)18-29-22-8-12-26(13-9-22)23(25-16-20-10-15-27-17-20)24-11-7-21-6-3-14-28-21/h3,6,14,19-20,22H,1-2,4-5,7-13,15-18H2,(H,24,25). The van der Waals surface area contributed by atoms with Gasteiger partial charge >= 0.3 is 0 Å². The van der Waals surface area contributed by atoms with Gasteiger partial charge in [-0.25, -0.2) is 0 Å². The second-order valence-corrected chi connectivity index (χ2v) is 8.82. The van der Waals surface area contributed by atoms with Crippen LogP contribution in [0.25, 0.3) is 0 Å². The van der Waals surface area contributed by atoms with E-state index >= 15 is 0 Å². The molecule has 2 saturated heterocycles. The third-order valence-electron chi connectivity index (χ3n) is 6.54. The van der Waals surface area contributed by atoms with Crippen molar-refractivity contribution < 1.29 is 13.9 Å². The van der Waals surface area contributed by atoms with Crippen molar-refractivity contribution in [3.63, 3.8) is 0 Å². The molecule has 162 valence electrons. The quantitative estimate of drug-likeness (QED) is 0.532. The predicted octanol–water partition coefficient (Wildman–Crippen LogP) is 3.48. The molecule has 1 atom stereocenters. The summed E-state index contributed by atoms with van der Waals surface area (Å²) in [6, 6.07) is 3.97. The second-order valence-electron chi connectivity index (χ2n) is 8.82. The van der Waals surface area contributed by atoms with Gasteiger partial charge in [0.2, 0.25) is 0 Å². The summed E-state index contributed by atoms with van der Waals surface area (Å²) in [6.45, 7) is 6.42. The van der Waals surface area contributed by atoms with Gasteiger partial charge in [-0.15, -0.1) is 0 Å². The number of hydrogen-bond acceptors (Lipinski definition) is 4. The minimum atomic E-state index is 0.416. The van der Waals surface area contributed by atoms with Crippen LogP contribution in [0.1, 0.15) is 50.7 Å². The Morgan fingerprint density at radius 1 is 1.14 bits per heavy atom. The van der Waals surface area contributed by atoms with Crippen LogP contribution in [-0.4, -0.2) is 63.0 Å². The molecule has 29 heavy (non-hydrogen) atoms. The maximum absolute atomic E-state index is 6.25. The lowest BCUT2D eigenvalue weighted by atomic mass is 10.1. The largest absolute Gasteiger partial charge is 0.469 e. The SMILES string of the molecule is c1coc(CCNC(=NCC2CCOC2)N2CCC(OCC3CCCC3)CC2)c1. The van der Waals surface area contributed by atoms with Crippen molar-refractivity contribution in [2.24, 2.45) is 16.8 Å². The van der Waals surface area contributed by atoms with Crippen molar-refractivity contribution in [3.8, 4) is 0 Å². The molecule has 3 aliphatic rings. The minimum absolute atomic E-state index is 0.416. The molecular weight excluding hydrogens is 366 g/mol. The van der Waals surface area contributed by atoms with Crippen molar-refractivity contribution in [2.75, 3.05) is 46.0 Å². The Balaban J connectivity index is 1.25. The van der Waals surface area contributed by atoms with Gasteiger partial charge in [0.1, 0.15) is 5.76 Å². The molecule has 1 aromatic rings. The summed E-state index contributed by atoms with van der Waals surface area (Å²) in [5, 5.41) is 3.58. The number of furan rings is 1. The number of guanidine groups is 1. The number of aliphatic imine (C=N–C) groups is 1. The number of ether oxygens (including phenoxy) is 2. The van der Waals surface area contributed by atoms with Gasteiger partial charge in [0.05, 0.1) is 19.0 Å². The van der Waals surface area contributed by atoms with E-state index < -0.39 is 0 Å². The van der Waals surface area contributed by atoms with Crippen molar-refractivity contribution in [1.29, 1.82) is 0 Å². The van der Waals surface area contributed by atoms with Crippen molar-refractivity contribution >= 4 is 5.96 Å². The van der Waals surface area contributed by atoms with Crippen LogP contribution in [0, 0.1) is 11.8 Å². The number of rotatable bonds is 8. The highest BCUT2D eigenvalue weighted by molar-refractivity contribution is 5.80. The van der Waals surface area contributed by atoms with E-state index in [0.29, 0.717) is 12.0 Å². The van der Waals surface area contributed by atoms with Gasteiger partial charge < -0.3 is 24.1 Å². The summed E-state index contributed by atoms with van der Waals surface area (Å²) in [7, 11) is 0. The maximum atomic E-state index is 6.25. The lowest BCUT2D eigenvalue weighted by molar-refractivity contribution is 0.000997. The molecule has 3 heterocycles. The van der Waals surface area contributed by atoms with Gasteiger partial charge in [0.25, 0.3) is 0 Å². The molecule has 0 radical (unpaired) electrons. The van der Waals surface area contributed by atoms with Crippen LogP contribution in [0.3, 0.4) is 0 Å². The van der Waals surface area contributed by atoms with Gasteiger partial charge in [-0.1, -0.05) is 12.8 Å². The van der Waals surface area contributed by atoms with E-state index in [1.165, 1.54) is 25.7 Å². The fourth-order valence-corrected chi connectivity index (χ4v) is 4.65. The predicted molar refractivity (Wildman–Crippen MR) is 114 cm³/mol. The smallest absolute Gasteiger partial charge is 0.193 e. The second kappa shape index (κ2) is 11.0. The molecule has 6 heteroatoms. The molecule has 0 amide bonds. The van der Waals surface area contributed by atoms with Crippen molar-refractivity contribution in [2.45, 2.75) is 57.5 Å². The highest BCUT2D eigenvalue weighted by Crippen LogP contribution is 2.26. The summed E-state index contributed by atoms with van der Waals surface area (Å²) >= 11 is 0. The van der Waals surface area contributed by atoms with E-state index in [-0.39, 0.29) is 0 Å². The monoisotopic (exact) mass is 403 g/mol. The first-order valence-electron chi connectivity index (χ1n) is 11.6. The van der Waals surface area contributed by atoms with Crippen LogP contribution >= 0.6 is 0 Å². The van der Waals surface area contributed by atoms with Gasteiger partial charge in [-0.3, -0.25) is 4.99 Å². The lowest BCUT2D eigenvalue weighted by Crippen LogP contribution is -2.47. The maximum Gasteiger partial charge on any atom is 0.193 e. The zero-order valence-electron chi connectivity index (χ0n) is 17.7. The lowest BCUT2D eigenvalue weighted by Gasteiger charge is -2.34. The van der Waals surface area contributed by atoms with Crippen LogP contribution < -0.4 is 5.32 Å². The molecule has 1 aliphatic carbocycles. The molecule has 2 aliphatic heterocycles. The first kappa shape index (κ1) is 20.7. The molecule has 1 unspecified atom stereocenters. The molecule has 0 aromatic carbocycles. The average Bonchev–Trinajstić information content (AvgIpc) is 3.53. The summed E-state index contributed by atoms with van der Waals surface area (Å²) in [5.74, 6) is 3.42. The van der Waals surface area contributed by atoms with Crippen LogP contribution in [0.15, 0.2) is 27.8 Å². The molecule has 0 spiro atoms. The summed E-state index contributed by atoms with van der Waals surface area (Å²) in [4.78, 5) is 7.37. The average molecular weight is 404 g/mol. The van der Waals surface area contributed by atoms with Crippen molar-refractivity contribution in [3.05, 3.63) is 24.2 Å². The van der Waals surface area contributed by atoms with Gasteiger partial charge in [-0.2, -0.15) is 0 Å². The normalized spacial score (nSPS) is 24.5. The molecule has 1 N–H and O–H groups in total. The van der Waals surface area contributed by atoms with Crippen molar-refractivity contribution in [1.82, 2.24) is 10.2 Å². The first-order valence-corrected chi connectivity index (χ1v) is 11.6. The zero-order chi connectivity index (χ0) is 19.7. The number of hydrogen-bond donors (Lipinski definition) is 1. The van der Waals surface area contributed by atoms with E-state index in [2.05, 4.69) is 10.2 Å². The number of nitrogens with one attached hydrogen (secondary N) is 1. The highest BCUT2D eigenvalue weighted by Gasteiger charge is 2.24. The Morgan fingerprint density at radius 2 is 2.00 bits per heavy atom. The molecule has 1 saturated carbocycles.